The molecule has 1 atom stereocenters. The van der Waals surface area contributed by atoms with Crippen molar-refractivity contribution in [1.82, 2.24) is 13.9 Å². The second kappa shape index (κ2) is 6.95. The largest absolute Gasteiger partial charge is 0.328 e. The molecule has 2 aromatic rings. The Morgan fingerprint density at radius 3 is 2.64 bits per heavy atom. The molecule has 134 valence electrons. The Bertz CT molecular complexity index is 1020. The Balaban J connectivity index is 1.94. The minimum Gasteiger partial charge on any atom is -0.296 e. The minimum atomic E-state index is -3.85. The third-order valence-corrected chi connectivity index (χ3v) is 6.70. The monoisotopic (exact) mass is 403 g/mol. The third kappa shape index (κ3) is 3.67. The van der Waals surface area contributed by atoms with Gasteiger partial charge in [-0.3, -0.25) is 14.3 Å². The summed E-state index contributed by atoms with van der Waals surface area (Å²) in [5.74, 6) is 0. The van der Waals surface area contributed by atoms with Gasteiger partial charge < -0.3 is 0 Å². The molecule has 1 aliphatic heterocycles. The van der Waals surface area contributed by atoms with E-state index < -0.39 is 21.3 Å². The van der Waals surface area contributed by atoms with E-state index in [0.717, 1.165) is 0 Å². The first-order valence-electron chi connectivity index (χ1n) is 7.56. The fraction of sp³-hybridized carbons (Fsp3) is 0.333. The Morgan fingerprint density at radius 1 is 1.16 bits per heavy atom. The van der Waals surface area contributed by atoms with E-state index in [2.05, 4.69) is 4.98 Å². The molecule has 10 heteroatoms. The van der Waals surface area contributed by atoms with Crippen LogP contribution in [0.25, 0.3) is 0 Å². The predicted octanol–water partition coefficient (Wildman–Crippen LogP) is 1.87. The number of rotatable bonds is 3. The summed E-state index contributed by atoms with van der Waals surface area (Å²) in [6, 6.07) is 5.13. The summed E-state index contributed by atoms with van der Waals surface area (Å²) in [4.78, 5) is 25.3. The zero-order valence-corrected chi connectivity index (χ0v) is 15.3. The number of nitrogens with zero attached hydrogens (tertiary/aromatic N) is 2. The van der Waals surface area contributed by atoms with Crippen molar-refractivity contribution < 1.29 is 8.42 Å². The van der Waals surface area contributed by atoms with Crippen LogP contribution in [-0.2, 0) is 10.0 Å². The molecule has 1 aromatic heterocycles. The van der Waals surface area contributed by atoms with Gasteiger partial charge in [0, 0.05) is 30.4 Å². The smallest absolute Gasteiger partial charge is 0.296 e. The lowest BCUT2D eigenvalue weighted by Crippen LogP contribution is -2.43. The van der Waals surface area contributed by atoms with Crippen LogP contribution in [0, 0.1) is 0 Å². The first-order valence-corrected chi connectivity index (χ1v) is 9.75. The molecule has 0 spiro atoms. The van der Waals surface area contributed by atoms with Gasteiger partial charge in [0.25, 0.3) is 5.56 Å². The van der Waals surface area contributed by atoms with E-state index in [4.69, 9.17) is 23.2 Å². The van der Waals surface area contributed by atoms with E-state index in [1.54, 1.807) is 0 Å². The maximum Gasteiger partial charge on any atom is 0.328 e. The standard InChI is InChI=1S/C15H15Cl2N3O4S/c16-10-3-4-12(17)13(8-10)25(23,24)19-6-1-2-11(9-19)20-7-5-14(21)18-15(20)22/h3-5,7-8,11H,1-2,6,9H2,(H,18,21,22). The zero-order chi connectivity index (χ0) is 18.2. The summed E-state index contributed by atoms with van der Waals surface area (Å²) in [5.41, 5.74) is -1.05. The molecule has 0 saturated carbocycles. The Morgan fingerprint density at radius 2 is 1.92 bits per heavy atom. The van der Waals surface area contributed by atoms with Gasteiger partial charge in [-0.15, -0.1) is 0 Å². The topological polar surface area (TPSA) is 92.2 Å². The first kappa shape index (κ1) is 18.2. The Labute approximate surface area is 153 Å². The van der Waals surface area contributed by atoms with Crippen molar-refractivity contribution in [3.63, 3.8) is 0 Å². The van der Waals surface area contributed by atoms with E-state index >= 15 is 0 Å². The van der Waals surface area contributed by atoms with E-state index in [9.17, 15) is 18.0 Å². The van der Waals surface area contributed by atoms with Crippen LogP contribution in [0.15, 0.2) is 44.9 Å². The number of hydrogen-bond acceptors (Lipinski definition) is 4. The van der Waals surface area contributed by atoms with Gasteiger partial charge in [-0.05, 0) is 31.0 Å². The molecule has 1 aromatic carbocycles. The lowest BCUT2D eigenvalue weighted by Gasteiger charge is -2.32. The highest BCUT2D eigenvalue weighted by Gasteiger charge is 2.32. The first-order chi connectivity index (χ1) is 11.8. The molecule has 25 heavy (non-hydrogen) atoms. The highest BCUT2D eigenvalue weighted by Crippen LogP contribution is 2.31. The van der Waals surface area contributed by atoms with Gasteiger partial charge >= 0.3 is 5.69 Å². The van der Waals surface area contributed by atoms with E-state index in [1.807, 2.05) is 0 Å². The molecule has 0 radical (unpaired) electrons. The maximum absolute atomic E-state index is 12.9. The van der Waals surface area contributed by atoms with Crippen molar-refractivity contribution in [2.75, 3.05) is 13.1 Å². The summed E-state index contributed by atoms with van der Waals surface area (Å²) >= 11 is 11.9. The molecule has 1 N–H and O–H groups in total. The predicted molar refractivity (Wildman–Crippen MR) is 94.8 cm³/mol. The number of hydrogen-bond donors (Lipinski definition) is 1. The fourth-order valence-corrected chi connectivity index (χ4v) is 5.15. The van der Waals surface area contributed by atoms with Crippen LogP contribution in [0.4, 0.5) is 0 Å². The summed E-state index contributed by atoms with van der Waals surface area (Å²) in [7, 11) is -3.85. The van der Waals surface area contributed by atoms with Gasteiger partial charge in [0.1, 0.15) is 4.90 Å². The van der Waals surface area contributed by atoms with Crippen LogP contribution in [-0.4, -0.2) is 35.4 Å². The van der Waals surface area contributed by atoms with Gasteiger partial charge in [-0.25, -0.2) is 13.2 Å². The van der Waals surface area contributed by atoms with Crippen LogP contribution < -0.4 is 11.2 Å². The van der Waals surface area contributed by atoms with E-state index in [1.165, 1.54) is 39.3 Å². The maximum atomic E-state index is 12.9. The van der Waals surface area contributed by atoms with Crippen LogP contribution in [0.1, 0.15) is 18.9 Å². The molecule has 2 heterocycles. The molecule has 1 fully saturated rings. The normalized spacial score (nSPS) is 19.0. The highest BCUT2D eigenvalue weighted by molar-refractivity contribution is 7.89. The number of piperidine rings is 1. The van der Waals surface area contributed by atoms with E-state index in [-0.39, 0.29) is 27.5 Å². The highest BCUT2D eigenvalue weighted by atomic mass is 35.5. The Hall–Kier alpha value is -1.61. The van der Waals surface area contributed by atoms with Crippen molar-refractivity contribution in [2.24, 2.45) is 0 Å². The van der Waals surface area contributed by atoms with Gasteiger partial charge in [-0.1, -0.05) is 23.2 Å². The third-order valence-electron chi connectivity index (χ3n) is 4.11. The van der Waals surface area contributed by atoms with Crippen molar-refractivity contribution in [1.29, 1.82) is 0 Å². The van der Waals surface area contributed by atoms with Crippen molar-refractivity contribution >= 4 is 33.2 Å². The second-order valence-corrected chi connectivity index (χ2v) is 8.50. The van der Waals surface area contributed by atoms with Gasteiger partial charge in [0.2, 0.25) is 10.0 Å². The molecule has 1 saturated heterocycles. The average Bonchev–Trinajstić information content (AvgIpc) is 2.57. The quantitative estimate of drug-likeness (QED) is 0.846. The SMILES string of the molecule is O=c1ccn(C2CCCN(S(=O)(=O)c3cc(Cl)ccc3Cl)C2)c(=O)[nH]1. The average molecular weight is 404 g/mol. The molecule has 7 nitrogen and oxygen atoms in total. The van der Waals surface area contributed by atoms with Crippen LogP contribution in [0.3, 0.4) is 0 Å². The van der Waals surface area contributed by atoms with E-state index in [0.29, 0.717) is 19.4 Å². The van der Waals surface area contributed by atoms with Crippen molar-refractivity contribution in [2.45, 2.75) is 23.8 Å². The lowest BCUT2D eigenvalue weighted by atomic mass is 10.1. The number of aromatic amines is 1. The number of H-pyrrole nitrogens is 1. The summed E-state index contributed by atoms with van der Waals surface area (Å²) < 4.78 is 28.5. The fourth-order valence-electron chi connectivity index (χ4n) is 2.90. The van der Waals surface area contributed by atoms with Crippen molar-refractivity contribution in [3.05, 3.63) is 61.3 Å². The second-order valence-electron chi connectivity index (χ2n) is 5.75. The molecule has 1 aliphatic rings. The van der Waals surface area contributed by atoms with Crippen LogP contribution >= 0.6 is 23.2 Å². The van der Waals surface area contributed by atoms with Crippen LogP contribution in [0.5, 0.6) is 0 Å². The molecule has 0 bridgehead atoms. The molecule has 0 aliphatic carbocycles. The molecule has 3 rings (SSSR count). The number of sulfonamides is 1. The molecule has 0 amide bonds. The Kier molecular flexibility index (Phi) is 5.06. The number of nitrogens with one attached hydrogen (secondary N) is 1. The molecular weight excluding hydrogens is 389 g/mol. The summed E-state index contributed by atoms with van der Waals surface area (Å²) in [6.07, 6.45) is 2.59. The minimum absolute atomic E-state index is 0.0591. The summed E-state index contributed by atoms with van der Waals surface area (Å²) in [6.45, 7) is 0.427. The zero-order valence-electron chi connectivity index (χ0n) is 13.0. The van der Waals surface area contributed by atoms with Crippen molar-refractivity contribution in [3.8, 4) is 0 Å². The summed E-state index contributed by atoms with van der Waals surface area (Å²) in [5, 5.41) is 0.362. The lowest BCUT2D eigenvalue weighted by molar-refractivity contribution is 0.261. The van der Waals surface area contributed by atoms with Gasteiger partial charge in [-0.2, -0.15) is 4.31 Å². The van der Waals surface area contributed by atoms with Gasteiger partial charge in [0.05, 0.1) is 11.1 Å². The number of halogens is 2. The molecule has 1 unspecified atom stereocenters. The van der Waals surface area contributed by atoms with Gasteiger partial charge in [0.15, 0.2) is 0 Å². The number of benzene rings is 1. The number of aromatic nitrogens is 2. The van der Waals surface area contributed by atoms with Crippen LogP contribution in [0.2, 0.25) is 10.0 Å². The molecular formula is C15H15Cl2N3O4S.